The molecule has 2 aromatic rings. The highest BCUT2D eigenvalue weighted by atomic mass is 16.5. The smallest absolute Gasteiger partial charge is 0.151 e. The van der Waals surface area contributed by atoms with Gasteiger partial charge in [0.1, 0.15) is 17.6 Å². The number of methoxy groups -OCH3 is 1. The Kier molecular flexibility index (Phi) is 5.60. The number of ether oxygens (including phenoxy) is 2. The van der Waals surface area contributed by atoms with Gasteiger partial charge in [-0.1, -0.05) is 36.4 Å². The average Bonchev–Trinajstić information content (AvgIpc) is 2.54. The van der Waals surface area contributed by atoms with E-state index in [2.05, 4.69) is 5.32 Å². The van der Waals surface area contributed by atoms with Crippen molar-refractivity contribution in [1.82, 2.24) is 5.32 Å². The number of aliphatic hydroxyl groups is 1. The second-order valence-corrected chi connectivity index (χ2v) is 4.75. The second kappa shape index (κ2) is 7.67. The number of hydrogen-bond acceptors (Lipinski definition) is 4. The SMILES string of the molecule is CNCC(O)C(Oc1cccc(OC)c1)c1ccccc1. The molecule has 4 heteroatoms. The van der Waals surface area contributed by atoms with Crippen LogP contribution in [0.3, 0.4) is 0 Å². The van der Waals surface area contributed by atoms with Crippen LogP contribution >= 0.6 is 0 Å². The van der Waals surface area contributed by atoms with Gasteiger partial charge in [0.05, 0.1) is 7.11 Å². The lowest BCUT2D eigenvalue weighted by atomic mass is 10.0. The monoisotopic (exact) mass is 287 g/mol. The van der Waals surface area contributed by atoms with E-state index in [1.54, 1.807) is 14.2 Å². The van der Waals surface area contributed by atoms with Crippen LogP contribution in [0.4, 0.5) is 0 Å². The Morgan fingerprint density at radius 1 is 1.05 bits per heavy atom. The minimum atomic E-state index is -0.649. The highest BCUT2D eigenvalue weighted by Gasteiger charge is 2.22. The van der Waals surface area contributed by atoms with E-state index in [-0.39, 0.29) is 0 Å². The van der Waals surface area contributed by atoms with E-state index in [1.165, 1.54) is 0 Å². The first kappa shape index (κ1) is 15.4. The molecule has 2 N–H and O–H groups in total. The number of likely N-dealkylation sites (N-methyl/N-ethyl adjacent to an activating group) is 1. The van der Waals surface area contributed by atoms with Gasteiger partial charge in [-0.2, -0.15) is 0 Å². The quantitative estimate of drug-likeness (QED) is 0.821. The number of benzene rings is 2. The van der Waals surface area contributed by atoms with Crippen molar-refractivity contribution >= 4 is 0 Å². The molecule has 0 aliphatic heterocycles. The maximum atomic E-state index is 10.3. The van der Waals surface area contributed by atoms with Crippen molar-refractivity contribution in [2.75, 3.05) is 20.7 Å². The molecule has 4 nitrogen and oxygen atoms in total. The Morgan fingerprint density at radius 2 is 1.76 bits per heavy atom. The summed E-state index contributed by atoms with van der Waals surface area (Å²) in [5, 5.41) is 13.3. The van der Waals surface area contributed by atoms with Crippen molar-refractivity contribution in [2.24, 2.45) is 0 Å². The van der Waals surface area contributed by atoms with Gasteiger partial charge in [0, 0.05) is 12.6 Å². The Labute approximate surface area is 125 Å². The predicted octanol–water partition coefficient (Wildman–Crippen LogP) is 2.40. The number of nitrogens with one attached hydrogen (secondary N) is 1. The molecule has 21 heavy (non-hydrogen) atoms. The minimum Gasteiger partial charge on any atom is -0.497 e. The molecule has 0 bridgehead atoms. The van der Waals surface area contributed by atoms with E-state index in [1.807, 2.05) is 54.6 Å². The van der Waals surface area contributed by atoms with Crippen molar-refractivity contribution < 1.29 is 14.6 Å². The van der Waals surface area contributed by atoms with Gasteiger partial charge in [0.2, 0.25) is 0 Å². The molecule has 0 amide bonds. The maximum Gasteiger partial charge on any atom is 0.151 e. The molecule has 2 atom stereocenters. The molecule has 2 unspecified atom stereocenters. The largest absolute Gasteiger partial charge is 0.497 e. The van der Waals surface area contributed by atoms with E-state index in [0.717, 1.165) is 11.3 Å². The van der Waals surface area contributed by atoms with Gasteiger partial charge in [-0.15, -0.1) is 0 Å². The van der Waals surface area contributed by atoms with Crippen LogP contribution in [-0.4, -0.2) is 31.9 Å². The van der Waals surface area contributed by atoms with Crippen molar-refractivity contribution in [2.45, 2.75) is 12.2 Å². The van der Waals surface area contributed by atoms with Gasteiger partial charge in [-0.3, -0.25) is 0 Å². The van der Waals surface area contributed by atoms with Gasteiger partial charge in [0.15, 0.2) is 6.10 Å². The zero-order chi connectivity index (χ0) is 15.1. The van der Waals surface area contributed by atoms with Gasteiger partial charge in [0.25, 0.3) is 0 Å². The standard InChI is InChI=1S/C17H21NO3/c1-18-12-16(19)17(13-7-4-3-5-8-13)21-15-10-6-9-14(11-15)20-2/h3-11,16-19H,12H2,1-2H3. The summed E-state index contributed by atoms with van der Waals surface area (Å²) in [5.41, 5.74) is 0.933. The second-order valence-electron chi connectivity index (χ2n) is 4.75. The van der Waals surface area contributed by atoms with Gasteiger partial charge < -0.3 is 19.9 Å². The van der Waals surface area contributed by atoms with E-state index in [0.29, 0.717) is 12.3 Å². The van der Waals surface area contributed by atoms with Crippen LogP contribution in [0.1, 0.15) is 11.7 Å². The maximum absolute atomic E-state index is 10.3. The fourth-order valence-electron chi connectivity index (χ4n) is 2.15. The highest BCUT2D eigenvalue weighted by Crippen LogP contribution is 2.27. The van der Waals surface area contributed by atoms with Crippen molar-refractivity contribution in [3.8, 4) is 11.5 Å². The third-order valence-electron chi connectivity index (χ3n) is 3.20. The third kappa shape index (κ3) is 4.21. The first-order valence-electron chi connectivity index (χ1n) is 6.93. The van der Waals surface area contributed by atoms with Gasteiger partial charge >= 0.3 is 0 Å². The van der Waals surface area contributed by atoms with E-state index >= 15 is 0 Å². The Morgan fingerprint density at radius 3 is 2.43 bits per heavy atom. The van der Waals surface area contributed by atoms with Crippen LogP contribution < -0.4 is 14.8 Å². The zero-order valence-corrected chi connectivity index (χ0v) is 12.3. The predicted molar refractivity (Wildman–Crippen MR) is 82.7 cm³/mol. The first-order valence-corrected chi connectivity index (χ1v) is 6.93. The van der Waals surface area contributed by atoms with Gasteiger partial charge in [-0.05, 0) is 24.7 Å². The molecule has 0 saturated carbocycles. The summed E-state index contributed by atoms with van der Waals surface area (Å²) in [5.74, 6) is 1.39. The fourth-order valence-corrected chi connectivity index (χ4v) is 2.15. The van der Waals surface area contributed by atoms with E-state index in [4.69, 9.17) is 9.47 Å². The van der Waals surface area contributed by atoms with E-state index < -0.39 is 12.2 Å². The molecule has 0 fully saturated rings. The molecular formula is C17H21NO3. The van der Waals surface area contributed by atoms with Crippen LogP contribution in [0.5, 0.6) is 11.5 Å². The summed E-state index contributed by atoms with van der Waals surface area (Å²) in [7, 11) is 3.42. The molecule has 2 rings (SSSR count). The highest BCUT2D eigenvalue weighted by molar-refractivity contribution is 5.33. The van der Waals surface area contributed by atoms with Crippen LogP contribution in [0.2, 0.25) is 0 Å². The Balaban J connectivity index is 2.23. The molecule has 2 aromatic carbocycles. The molecule has 0 aromatic heterocycles. The molecule has 0 aliphatic rings. The lowest BCUT2D eigenvalue weighted by Gasteiger charge is -2.24. The fraction of sp³-hybridized carbons (Fsp3) is 0.294. The number of hydrogen-bond donors (Lipinski definition) is 2. The Bertz CT molecular complexity index is 545. The molecular weight excluding hydrogens is 266 g/mol. The van der Waals surface area contributed by atoms with Gasteiger partial charge in [-0.25, -0.2) is 0 Å². The molecule has 0 radical (unpaired) electrons. The van der Waals surface area contributed by atoms with Crippen LogP contribution in [0.25, 0.3) is 0 Å². The third-order valence-corrected chi connectivity index (χ3v) is 3.20. The summed E-state index contributed by atoms with van der Waals surface area (Å²) >= 11 is 0. The zero-order valence-electron chi connectivity index (χ0n) is 12.3. The summed E-state index contributed by atoms with van der Waals surface area (Å²) < 4.78 is 11.2. The molecule has 0 spiro atoms. The summed E-state index contributed by atoms with van der Waals surface area (Å²) in [6.45, 7) is 0.448. The normalized spacial score (nSPS) is 13.5. The molecule has 0 aliphatic carbocycles. The molecule has 112 valence electrons. The van der Waals surface area contributed by atoms with Crippen LogP contribution in [-0.2, 0) is 0 Å². The topological polar surface area (TPSA) is 50.7 Å². The van der Waals surface area contributed by atoms with Crippen molar-refractivity contribution in [1.29, 1.82) is 0 Å². The number of aliphatic hydroxyl groups excluding tert-OH is 1. The lowest BCUT2D eigenvalue weighted by molar-refractivity contribution is 0.0368. The summed E-state index contributed by atoms with van der Waals surface area (Å²) in [6, 6.07) is 17.1. The number of rotatable bonds is 7. The summed E-state index contributed by atoms with van der Waals surface area (Å²) in [6.07, 6.45) is -1.09. The van der Waals surface area contributed by atoms with Crippen LogP contribution in [0, 0.1) is 0 Å². The minimum absolute atomic E-state index is 0.439. The molecule has 0 saturated heterocycles. The average molecular weight is 287 g/mol. The molecule has 0 heterocycles. The first-order chi connectivity index (χ1) is 10.2. The van der Waals surface area contributed by atoms with Crippen LogP contribution in [0.15, 0.2) is 54.6 Å². The summed E-state index contributed by atoms with van der Waals surface area (Å²) in [4.78, 5) is 0. The lowest BCUT2D eigenvalue weighted by Crippen LogP contribution is -2.32. The Hall–Kier alpha value is -2.04. The van der Waals surface area contributed by atoms with Crippen molar-refractivity contribution in [3.05, 3.63) is 60.2 Å². The van der Waals surface area contributed by atoms with E-state index in [9.17, 15) is 5.11 Å². The van der Waals surface area contributed by atoms with Crippen molar-refractivity contribution in [3.63, 3.8) is 0 Å².